The van der Waals surface area contributed by atoms with E-state index in [9.17, 15) is 18.0 Å². The van der Waals surface area contributed by atoms with Crippen molar-refractivity contribution < 1.29 is 22.7 Å². The highest BCUT2D eigenvalue weighted by Gasteiger charge is 2.32. The summed E-state index contributed by atoms with van der Waals surface area (Å²) in [5.74, 6) is -0.890. The lowest BCUT2D eigenvalue weighted by atomic mass is 10.1. The van der Waals surface area contributed by atoms with Gasteiger partial charge in [-0.05, 0) is 19.9 Å². The van der Waals surface area contributed by atoms with Crippen LogP contribution in [0.25, 0.3) is 0 Å². The molecule has 0 aliphatic rings. The maximum Gasteiger partial charge on any atom is 0.573 e. The predicted molar refractivity (Wildman–Crippen MR) is 80.0 cm³/mol. The van der Waals surface area contributed by atoms with Crippen molar-refractivity contribution >= 4 is 5.91 Å². The molecule has 0 aliphatic carbocycles. The van der Waals surface area contributed by atoms with E-state index in [-0.39, 0.29) is 17.9 Å². The lowest BCUT2D eigenvalue weighted by Gasteiger charge is -2.15. The zero-order chi connectivity index (χ0) is 17.9. The number of rotatable bonds is 5. The topological polar surface area (TPSA) is 93.0 Å². The average Bonchev–Trinajstić information content (AvgIpc) is 2.83. The minimum Gasteiger partial charge on any atom is -0.405 e. The monoisotopic (exact) mass is 342 g/mol. The number of nitrogens with one attached hydrogen (secondary N) is 2. The number of aryl methyl sites for hydroxylation is 2. The minimum atomic E-state index is -4.80. The van der Waals surface area contributed by atoms with Crippen LogP contribution in [-0.4, -0.2) is 22.5 Å². The lowest BCUT2D eigenvalue weighted by molar-refractivity contribution is -0.274. The molecule has 0 fully saturated rings. The molecule has 130 valence electrons. The zero-order valence-corrected chi connectivity index (χ0v) is 13.1. The molecule has 0 aliphatic heterocycles. The van der Waals surface area contributed by atoms with Gasteiger partial charge in [-0.25, -0.2) is 0 Å². The molecule has 1 unspecified atom stereocenters. The van der Waals surface area contributed by atoms with Crippen LogP contribution in [0, 0.1) is 13.8 Å². The number of para-hydroxylation sites is 1. The van der Waals surface area contributed by atoms with Crippen LogP contribution in [0.2, 0.25) is 0 Å². The predicted octanol–water partition coefficient (Wildman–Crippen LogP) is 2.24. The van der Waals surface area contributed by atoms with Crippen LogP contribution in [0.5, 0.6) is 5.75 Å². The van der Waals surface area contributed by atoms with Crippen LogP contribution in [0.15, 0.2) is 24.3 Å². The summed E-state index contributed by atoms with van der Waals surface area (Å²) in [6, 6.07) is 4.60. The Kier molecular flexibility index (Phi) is 5.13. The van der Waals surface area contributed by atoms with Crippen LogP contribution in [0.1, 0.15) is 28.6 Å². The summed E-state index contributed by atoms with van der Waals surface area (Å²) in [5, 5.41) is 9.20. The number of aromatic amines is 1. The Bertz CT molecular complexity index is 708. The number of nitrogens with two attached hydrogens (primary N) is 1. The van der Waals surface area contributed by atoms with Crippen molar-refractivity contribution in [2.45, 2.75) is 32.8 Å². The fourth-order valence-electron chi connectivity index (χ4n) is 2.32. The van der Waals surface area contributed by atoms with Crippen molar-refractivity contribution in [3.05, 3.63) is 46.8 Å². The summed E-state index contributed by atoms with van der Waals surface area (Å²) < 4.78 is 41.1. The molecule has 6 nitrogen and oxygen atoms in total. The summed E-state index contributed by atoms with van der Waals surface area (Å²) in [6.07, 6.45) is -4.80. The van der Waals surface area contributed by atoms with Crippen LogP contribution in [-0.2, 0) is 11.3 Å². The highest BCUT2D eigenvalue weighted by atomic mass is 19.4. The van der Waals surface area contributed by atoms with Gasteiger partial charge in [0.15, 0.2) is 0 Å². The van der Waals surface area contributed by atoms with E-state index in [2.05, 4.69) is 20.3 Å². The summed E-state index contributed by atoms with van der Waals surface area (Å²) >= 11 is 0. The Morgan fingerprint density at radius 1 is 1.38 bits per heavy atom. The Balaban J connectivity index is 2.07. The molecule has 0 saturated heterocycles. The van der Waals surface area contributed by atoms with E-state index in [1.807, 2.05) is 0 Å². The Labute approximate surface area is 136 Å². The first-order valence-electron chi connectivity index (χ1n) is 7.07. The Morgan fingerprint density at radius 2 is 2.04 bits per heavy atom. The summed E-state index contributed by atoms with van der Waals surface area (Å²) in [4.78, 5) is 12.2. The highest BCUT2D eigenvalue weighted by Crippen LogP contribution is 2.26. The third kappa shape index (κ3) is 4.25. The summed E-state index contributed by atoms with van der Waals surface area (Å²) in [6.45, 7) is 3.29. The van der Waals surface area contributed by atoms with E-state index in [1.165, 1.54) is 18.2 Å². The Morgan fingerprint density at radius 3 is 2.62 bits per heavy atom. The van der Waals surface area contributed by atoms with E-state index in [4.69, 9.17) is 5.73 Å². The minimum absolute atomic E-state index is 0.144. The van der Waals surface area contributed by atoms with E-state index >= 15 is 0 Å². The quantitative estimate of drug-likeness (QED) is 0.777. The number of amides is 1. The number of H-pyrrole nitrogens is 1. The van der Waals surface area contributed by atoms with Crippen LogP contribution in [0.3, 0.4) is 0 Å². The van der Waals surface area contributed by atoms with Crippen molar-refractivity contribution in [3.8, 4) is 5.75 Å². The largest absolute Gasteiger partial charge is 0.573 e. The Hall–Kier alpha value is -2.55. The van der Waals surface area contributed by atoms with Gasteiger partial charge in [0, 0.05) is 23.4 Å². The fourth-order valence-corrected chi connectivity index (χ4v) is 2.32. The smallest absolute Gasteiger partial charge is 0.405 e. The lowest BCUT2D eigenvalue weighted by Crippen LogP contribution is -2.34. The van der Waals surface area contributed by atoms with Gasteiger partial charge in [0.25, 0.3) is 0 Å². The second-order valence-electron chi connectivity index (χ2n) is 5.20. The highest BCUT2D eigenvalue weighted by molar-refractivity contribution is 5.83. The molecule has 0 bridgehead atoms. The van der Waals surface area contributed by atoms with E-state index < -0.39 is 18.3 Å². The molecule has 9 heteroatoms. The molecule has 1 aromatic carbocycles. The number of hydrogen-bond donors (Lipinski definition) is 3. The number of carbonyl (C=O) groups excluding carboxylic acids is 1. The van der Waals surface area contributed by atoms with Gasteiger partial charge in [-0.3, -0.25) is 9.89 Å². The molecule has 4 N–H and O–H groups in total. The molecule has 2 rings (SSSR count). The summed E-state index contributed by atoms with van der Waals surface area (Å²) in [7, 11) is 0. The number of halogens is 3. The molecule has 0 saturated carbocycles. The van der Waals surface area contributed by atoms with Crippen molar-refractivity contribution in [2.75, 3.05) is 0 Å². The van der Waals surface area contributed by atoms with Crippen LogP contribution >= 0.6 is 0 Å². The molecule has 0 radical (unpaired) electrons. The first kappa shape index (κ1) is 17.8. The van der Waals surface area contributed by atoms with Gasteiger partial charge >= 0.3 is 6.36 Å². The van der Waals surface area contributed by atoms with Gasteiger partial charge in [-0.2, -0.15) is 5.10 Å². The standard InChI is InChI=1S/C15H17F3N4O2/c1-8-12(9(2)22-21-8)13(19)14(23)20-7-10-5-3-4-6-11(10)24-15(16,17)18/h3-6,13H,7,19H2,1-2H3,(H,20,23)(H,21,22). The average molecular weight is 342 g/mol. The maximum absolute atomic E-state index is 12.4. The van der Waals surface area contributed by atoms with Crippen molar-refractivity contribution in [1.82, 2.24) is 15.5 Å². The molecule has 1 heterocycles. The van der Waals surface area contributed by atoms with Crippen LogP contribution < -0.4 is 15.8 Å². The number of benzene rings is 1. The second kappa shape index (κ2) is 6.91. The molecular weight excluding hydrogens is 325 g/mol. The third-order valence-electron chi connectivity index (χ3n) is 3.43. The van der Waals surface area contributed by atoms with Crippen molar-refractivity contribution in [2.24, 2.45) is 5.73 Å². The summed E-state index contributed by atoms with van der Waals surface area (Å²) in [5.41, 5.74) is 7.91. The van der Waals surface area contributed by atoms with Gasteiger partial charge in [-0.1, -0.05) is 18.2 Å². The van der Waals surface area contributed by atoms with Crippen LogP contribution in [0.4, 0.5) is 13.2 Å². The third-order valence-corrected chi connectivity index (χ3v) is 3.43. The number of carbonyl (C=O) groups is 1. The number of aromatic nitrogens is 2. The van der Waals surface area contributed by atoms with E-state index in [0.717, 1.165) is 0 Å². The molecule has 2 aromatic rings. The fraction of sp³-hybridized carbons (Fsp3) is 0.333. The second-order valence-corrected chi connectivity index (χ2v) is 5.20. The maximum atomic E-state index is 12.4. The van der Waals surface area contributed by atoms with Gasteiger partial charge in [0.1, 0.15) is 11.8 Å². The molecule has 24 heavy (non-hydrogen) atoms. The van der Waals surface area contributed by atoms with Gasteiger partial charge < -0.3 is 15.8 Å². The number of ether oxygens (including phenoxy) is 1. The SMILES string of the molecule is Cc1n[nH]c(C)c1C(N)C(=O)NCc1ccccc1OC(F)(F)F. The number of nitrogens with zero attached hydrogens (tertiary/aromatic N) is 1. The van der Waals surface area contributed by atoms with Gasteiger partial charge in [0.2, 0.25) is 5.91 Å². The number of alkyl halides is 3. The van der Waals surface area contributed by atoms with Crippen molar-refractivity contribution in [1.29, 1.82) is 0 Å². The first-order valence-corrected chi connectivity index (χ1v) is 7.07. The van der Waals surface area contributed by atoms with Gasteiger partial charge in [-0.15, -0.1) is 13.2 Å². The van der Waals surface area contributed by atoms with Gasteiger partial charge in [0.05, 0.1) is 5.69 Å². The molecule has 1 aromatic heterocycles. The zero-order valence-electron chi connectivity index (χ0n) is 13.1. The molecule has 0 spiro atoms. The number of hydrogen-bond acceptors (Lipinski definition) is 4. The first-order chi connectivity index (χ1) is 11.2. The molecule has 1 atom stereocenters. The van der Waals surface area contributed by atoms with E-state index in [0.29, 0.717) is 17.0 Å². The molecular formula is C15H17F3N4O2. The molecule has 1 amide bonds. The normalized spacial score (nSPS) is 12.8. The van der Waals surface area contributed by atoms with E-state index in [1.54, 1.807) is 19.9 Å². The van der Waals surface area contributed by atoms with Crippen molar-refractivity contribution in [3.63, 3.8) is 0 Å².